The van der Waals surface area contributed by atoms with Gasteiger partial charge in [0.2, 0.25) is 0 Å². The van der Waals surface area contributed by atoms with E-state index < -0.39 is 0 Å². The van der Waals surface area contributed by atoms with Crippen LogP contribution in [0.1, 0.15) is 31.4 Å². The number of hydrogen-bond donors (Lipinski definition) is 1. The Balaban J connectivity index is 1.85. The van der Waals surface area contributed by atoms with E-state index in [1.54, 1.807) is 6.26 Å². The van der Waals surface area contributed by atoms with Crippen LogP contribution in [0.3, 0.4) is 0 Å². The van der Waals surface area contributed by atoms with Crippen molar-refractivity contribution >= 4 is 24.4 Å². The van der Waals surface area contributed by atoms with Gasteiger partial charge in [-0.1, -0.05) is 12.8 Å². The zero-order valence-electron chi connectivity index (χ0n) is 8.45. The molecule has 0 N–H and O–H groups in total. The van der Waals surface area contributed by atoms with Crippen LogP contribution in [0.2, 0.25) is 0 Å². The Morgan fingerprint density at radius 1 is 1.21 bits per heavy atom. The Morgan fingerprint density at radius 3 is 2.79 bits per heavy atom. The van der Waals surface area contributed by atoms with Crippen LogP contribution < -0.4 is 0 Å². The molecule has 0 fully saturated rings. The van der Waals surface area contributed by atoms with E-state index >= 15 is 0 Å². The van der Waals surface area contributed by atoms with Crippen molar-refractivity contribution in [2.24, 2.45) is 0 Å². The molecule has 0 radical (unpaired) electrons. The number of thiol groups is 1. The quantitative estimate of drug-likeness (QED) is 0.535. The molecule has 0 saturated carbocycles. The molecule has 14 heavy (non-hydrogen) atoms. The van der Waals surface area contributed by atoms with Gasteiger partial charge in [0.15, 0.2) is 0 Å². The Bertz CT molecular complexity index is 209. The van der Waals surface area contributed by atoms with Crippen molar-refractivity contribution in [1.82, 2.24) is 0 Å². The lowest BCUT2D eigenvalue weighted by molar-refractivity contribution is 0.530. The topological polar surface area (TPSA) is 13.1 Å². The molecule has 1 aromatic rings. The standard InChI is InChI=1S/C11H18OS2/c13-8-3-1-2-4-9-14-10-11-6-5-7-12-11/h5-7,13H,1-4,8-10H2. The molecule has 0 unspecified atom stereocenters. The van der Waals surface area contributed by atoms with Crippen LogP contribution in [0.25, 0.3) is 0 Å². The van der Waals surface area contributed by atoms with Crippen molar-refractivity contribution in [1.29, 1.82) is 0 Å². The molecule has 1 rings (SSSR count). The van der Waals surface area contributed by atoms with Gasteiger partial charge in [-0.05, 0) is 36.5 Å². The van der Waals surface area contributed by atoms with Gasteiger partial charge >= 0.3 is 0 Å². The van der Waals surface area contributed by atoms with E-state index in [1.807, 2.05) is 23.9 Å². The average molecular weight is 230 g/mol. The van der Waals surface area contributed by atoms with E-state index in [1.165, 1.54) is 31.4 Å². The third-order valence-electron chi connectivity index (χ3n) is 2.02. The summed E-state index contributed by atoms with van der Waals surface area (Å²) in [5, 5.41) is 0. The summed E-state index contributed by atoms with van der Waals surface area (Å²) in [5.74, 6) is 4.37. The predicted octanol–water partition coefficient (Wildman–Crippen LogP) is 4.00. The van der Waals surface area contributed by atoms with Crippen molar-refractivity contribution in [3.05, 3.63) is 24.2 Å². The maximum Gasteiger partial charge on any atom is 0.113 e. The summed E-state index contributed by atoms with van der Waals surface area (Å²) in [7, 11) is 0. The Morgan fingerprint density at radius 2 is 2.07 bits per heavy atom. The summed E-state index contributed by atoms with van der Waals surface area (Å²) >= 11 is 6.14. The molecule has 1 nitrogen and oxygen atoms in total. The molecule has 1 aromatic heterocycles. The van der Waals surface area contributed by atoms with Gasteiger partial charge in [-0.3, -0.25) is 0 Å². The van der Waals surface area contributed by atoms with E-state index in [2.05, 4.69) is 12.6 Å². The smallest absolute Gasteiger partial charge is 0.113 e. The number of hydrogen-bond acceptors (Lipinski definition) is 3. The first-order chi connectivity index (χ1) is 6.93. The molecule has 3 heteroatoms. The maximum absolute atomic E-state index is 5.25. The molecule has 0 aliphatic heterocycles. The lowest BCUT2D eigenvalue weighted by Gasteiger charge is -1.99. The summed E-state index contributed by atoms with van der Waals surface area (Å²) in [6, 6.07) is 3.98. The van der Waals surface area contributed by atoms with Gasteiger partial charge in [-0.25, -0.2) is 0 Å². The van der Waals surface area contributed by atoms with Crippen LogP contribution in [0.5, 0.6) is 0 Å². The van der Waals surface area contributed by atoms with Crippen molar-refractivity contribution in [2.45, 2.75) is 31.4 Å². The highest BCUT2D eigenvalue weighted by molar-refractivity contribution is 7.98. The van der Waals surface area contributed by atoms with Crippen LogP contribution >= 0.6 is 24.4 Å². The highest BCUT2D eigenvalue weighted by Crippen LogP contribution is 2.14. The van der Waals surface area contributed by atoms with E-state index in [0.717, 1.165) is 17.3 Å². The minimum Gasteiger partial charge on any atom is -0.468 e. The van der Waals surface area contributed by atoms with Gasteiger partial charge in [0.25, 0.3) is 0 Å². The molecule has 0 saturated heterocycles. The molecular formula is C11H18OS2. The molecule has 0 bridgehead atoms. The monoisotopic (exact) mass is 230 g/mol. The first-order valence-electron chi connectivity index (χ1n) is 5.14. The fourth-order valence-electron chi connectivity index (χ4n) is 1.24. The highest BCUT2D eigenvalue weighted by Gasteiger charge is 1.95. The molecule has 0 aliphatic carbocycles. The summed E-state index contributed by atoms with van der Waals surface area (Å²) in [6.07, 6.45) is 6.98. The molecule has 0 aromatic carbocycles. The molecule has 1 heterocycles. The number of unbranched alkanes of at least 4 members (excludes halogenated alkanes) is 3. The fraction of sp³-hybridized carbons (Fsp3) is 0.636. The molecule has 80 valence electrons. The van der Waals surface area contributed by atoms with Gasteiger partial charge in [-0.2, -0.15) is 24.4 Å². The molecular weight excluding hydrogens is 212 g/mol. The molecule has 0 aliphatic rings. The number of thioether (sulfide) groups is 1. The number of rotatable bonds is 8. The molecule has 0 amide bonds. The number of furan rings is 1. The molecule has 0 spiro atoms. The summed E-state index contributed by atoms with van der Waals surface area (Å²) < 4.78 is 5.25. The maximum atomic E-state index is 5.25. The summed E-state index contributed by atoms with van der Waals surface area (Å²) in [4.78, 5) is 0. The average Bonchev–Trinajstić information content (AvgIpc) is 2.69. The Kier molecular flexibility index (Phi) is 7.15. The second-order valence-corrected chi connectivity index (χ2v) is 4.82. The van der Waals surface area contributed by atoms with Gasteiger partial charge in [0.05, 0.1) is 12.0 Å². The normalized spacial score (nSPS) is 10.6. The summed E-state index contributed by atoms with van der Waals surface area (Å²) in [5.41, 5.74) is 0. The van der Waals surface area contributed by atoms with Crippen LogP contribution in [0.4, 0.5) is 0 Å². The first-order valence-corrected chi connectivity index (χ1v) is 6.93. The van der Waals surface area contributed by atoms with Gasteiger partial charge in [0, 0.05) is 0 Å². The van der Waals surface area contributed by atoms with Gasteiger partial charge in [0.1, 0.15) is 5.76 Å². The molecule has 0 atom stereocenters. The minimum absolute atomic E-state index is 1.01. The van der Waals surface area contributed by atoms with Crippen molar-refractivity contribution in [3.8, 4) is 0 Å². The van der Waals surface area contributed by atoms with Gasteiger partial charge < -0.3 is 4.42 Å². The third-order valence-corrected chi connectivity index (χ3v) is 3.40. The third kappa shape index (κ3) is 5.66. The largest absolute Gasteiger partial charge is 0.468 e. The van der Waals surface area contributed by atoms with Crippen LogP contribution in [-0.4, -0.2) is 11.5 Å². The first kappa shape index (κ1) is 12.1. The second-order valence-electron chi connectivity index (χ2n) is 3.27. The van der Waals surface area contributed by atoms with Crippen molar-refractivity contribution in [3.63, 3.8) is 0 Å². The van der Waals surface area contributed by atoms with Crippen molar-refractivity contribution in [2.75, 3.05) is 11.5 Å². The van der Waals surface area contributed by atoms with E-state index in [0.29, 0.717) is 0 Å². The zero-order chi connectivity index (χ0) is 10.1. The van der Waals surface area contributed by atoms with E-state index in [4.69, 9.17) is 4.42 Å². The van der Waals surface area contributed by atoms with E-state index in [-0.39, 0.29) is 0 Å². The Hall–Kier alpha value is -0.0200. The van der Waals surface area contributed by atoms with Crippen LogP contribution in [0, 0.1) is 0 Å². The van der Waals surface area contributed by atoms with Crippen molar-refractivity contribution < 1.29 is 4.42 Å². The lowest BCUT2D eigenvalue weighted by Crippen LogP contribution is -1.84. The second kappa shape index (κ2) is 8.30. The van der Waals surface area contributed by atoms with Gasteiger partial charge in [-0.15, -0.1) is 0 Å². The van der Waals surface area contributed by atoms with Crippen LogP contribution in [0.15, 0.2) is 22.8 Å². The van der Waals surface area contributed by atoms with E-state index in [9.17, 15) is 0 Å². The SMILES string of the molecule is SCCCCCCSCc1ccco1. The minimum atomic E-state index is 1.01. The Labute approximate surface area is 96.1 Å². The summed E-state index contributed by atoms with van der Waals surface area (Å²) in [6.45, 7) is 0. The lowest BCUT2D eigenvalue weighted by atomic mass is 10.2. The predicted molar refractivity (Wildman–Crippen MR) is 67.2 cm³/mol. The van der Waals surface area contributed by atoms with Crippen LogP contribution in [-0.2, 0) is 5.75 Å². The highest BCUT2D eigenvalue weighted by atomic mass is 32.2. The fourth-order valence-corrected chi connectivity index (χ4v) is 2.38. The zero-order valence-corrected chi connectivity index (χ0v) is 10.2.